The molecule has 0 radical (unpaired) electrons. The summed E-state index contributed by atoms with van der Waals surface area (Å²) in [4.78, 5) is 17.1. The number of aromatic nitrogens is 3. The van der Waals surface area contributed by atoms with Crippen LogP contribution in [0.4, 0.5) is 5.69 Å². The molecule has 0 spiro atoms. The maximum atomic E-state index is 12.7. The lowest BCUT2D eigenvalue weighted by Gasteiger charge is -2.23. The minimum absolute atomic E-state index is 0.0496. The van der Waals surface area contributed by atoms with E-state index in [9.17, 15) is 4.79 Å². The highest BCUT2D eigenvalue weighted by Gasteiger charge is 2.19. The first-order valence-electron chi connectivity index (χ1n) is 7.97. The van der Waals surface area contributed by atoms with Crippen molar-refractivity contribution in [2.45, 2.75) is 33.1 Å². The van der Waals surface area contributed by atoms with Gasteiger partial charge in [-0.15, -0.1) is 0 Å². The van der Waals surface area contributed by atoms with Gasteiger partial charge in [-0.1, -0.05) is 39.0 Å². The Morgan fingerprint density at radius 3 is 2.62 bits per heavy atom. The van der Waals surface area contributed by atoms with E-state index in [0.717, 1.165) is 28.0 Å². The Morgan fingerprint density at radius 2 is 1.92 bits per heavy atom. The summed E-state index contributed by atoms with van der Waals surface area (Å²) in [6.07, 6.45) is 1.60. The molecule has 1 aromatic carbocycles. The molecular weight excluding hydrogens is 300 g/mol. The number of nitrogens with one attached hydrogen (secondary N) is 1. The molecule has 0 aliphatic heterocycles. The molecule has 124 valence electrons. The van der Waals surface area contributed by atoms with Crippen LogP contribution in [0.25, 0.3) is 11.0 Å². The number of carbonyl (C=O) groups is 1. The van der Waals surface area contributed by atoms with Gasteiger partial charge in [-0.05, 0) is 30.0 Å². The smallest absolute Gasteiger partial charge is 0.257 e. The molecule has 0 fully saturated rings. The Bertz CT molecular complexity index is 919. The van der Waals surface area contributed by atoms with Gasteiger partial charge < -0.3 is 5.32 Å². The van der Waals surface area contributed by atoms with Crippen LogP contribution in [0.3, 0.4) is 0 Å². The van der Waals surface area contributed by atoms with Crippen molar-refractivity contribution in [2.24, 2.45) is 7.05 Å². The summed E-state index contributed by atoms with van der Waals surface area (Å²) in [7, 11) is 1.85. The zero-order valence-corrected chi connectivity index (χ0v) is 14.7. The number of anilines is 1. The van der Waals surface area contributed by atoms with Gasteiger partial charge in [0.1, 0.15) is 0 Å². The van der Waals surface area contributed by atoms with Crippen LogP contribution >= 0.6 is 0 Å². The highest BCUT2D eigenvalue weighted by Crippen LogP contribution is 2.29. The second kappa shape index (κ2) is 5.74. The third kappa shape index (κ3) is 2.89. The lowest BCUT2D eigenvalue weighted by atomic mass is 9.86. The van der Waals surface area contributed by atoms with E-state index in [1.165, 1.54) is 0 Å². The fourth-order valence-corrected chi connectivity index (χ4v) is 2.87. The molecule has 1 N–H and O–H groups in total. The van der Waals surface area contributed by atoms with Crippen molar-refractivity contribution in [3.63, 3.8) is 0 Å². The molecule has 2 heterocycles. The zero-order valence-electron chi connectivity index (χ0n) is 14.7. The average Bonchev–Trinajstić information content (AvgIpc) is 2.81. The normalized spacial score (nSPS) is 11.7. The molecule has 0 bridgehead atoms. The van der Waals surface area contributed by atoms with Gasteiger partial charge >= 0.3 is 0 Å². The topological polar surface area (TPSA) is 59.8 Å². The summed E-state index contributed by atoms with van der Waals surface area (Å²) < 4.78 is 1.72. The number of carbonyl (C=O) groups excluding carboxylic acids is 1. The number of nitrogens with zero attached hydrogens (tertiary/aromatic N) is 3. The summed E-state index contributed by atoms with van der Waals surface area (Å²) in [5, 5.41) is 8.26. The maximum absolute atomic E-state index is 12.7. The lowest BCUT2D eigenvalue weighted by molar-refractivity contribution is 0.102. The molecular formula is C19H22N4O. The number of fused-ring (bicyclic) bond motifs is 1. The van der Waals surface area contributed by atoms with Crippen LogP contribution in [0.2, 0.25) is 0 Å². The number of hydrogen-bond acceptors (Lipinski definition) is 3. The predicted octanol–water partition coefficient (Wildman–Crippen LogP) is 3.83. The van der Waals surface area contributed by atoms with Crippen LogP contribution in [0, 0.1) is 6.92 Å². The molecule has 3 aromatic rings. The van der Waals surface area contributed by atoms with Gasteiger partial charge in [0.05, 0.1) is 11.3 Å². The van der Waals surface area contributed by atoms with Crippen LogP contribution in [0.15, 0.2) is 36.5 Å². The van der Waals surface area contributed by atoms with E-state index in [4.69, 9.17) is 0 Å². The van der Waals surface area contributed by atoms with Gasteiger partial charge in [-0.25, -0.2) is 4.98 Å². The summed E-state index contributed by atoms with van der Waals surface area (Å²) in [5.74, 6) is -0.163. The molecule has 0 aliphatic carbocycles. The third-order valence-corrected chi connectivity index (χ3v) is 4.11. The number of benzene rings is 1. The van der Waals surface area contributed by atoms with E-state index in [0.29, 0.717) is 5.56 Å². The number of pyridine rings is 1. The van der Waals surface area contributed by atoms with Gasteiger partial charge in [-0.3, -0.25) is 9.48 Å². The van der Waals surface area contributed by atoms with Crippen LogP contribution in [0.1, 0.15) is 42.4 Å². The third-order valence-electron chi connectivity index (χ3n) is 4.11. The van der Waals surface area contributed by atoms with Crippen molar-refractivity contribution in [2.75, 3.05) is 5.32 Å². The first-order valence-corrected chi connectivity index (χ1v) is 7.97. The molecule has 0 aliphatic rings. The van der Waals surface area contributed by atoms with Gasteiger partial charge in [0.25, 0.3) is 5.91 Å². The van der Waals surface area contributed by atoms with Crippen LogP contribution in [-0.2, 0) is 12.5 Å². The number of hydrogen-bond donors (Lipinski definition) is 1. The molecule has 1 amide bonds. The first-order chi connectivity index (χ1) is 11.3. The van der Waals surface area contributed by atoms with Crippen LogP contribution in [-0.4, -0.2) is 20.7 Å². The lowest BCUT2D eigenvalue weighted by Crippen LogP contribution is -2.18. The van der Waals surface area contributed by atoms with Crippen molar-refractivity contribution in [1.82, 2.24) is 14.8 Å². The van der Waals surface area contributed by atoms with Crippen molar-refractivity contribution in [3.8, 4) is 0 Å². The highest BCUT2D eigenvalue weighted by molar-refractivity contribution is 6.06. The molecule has 0 unspecified atom stereocenters. The highest BCUT2D eigenvalue weighted by atomic mass is 16.1. The molecule has 5 nitrogen and oxygen atoms in total. The predicted molar refractivity (Wildman–Crippen MR) is 96.3 cm³/mol. The fourth-order valence-electron chi connectivity index (χ4n) is 2.87. The summed E-state index contributed by atoms with van der Waals surface area (Å²) in [5.41, 5.74) is 4.06. The largest absolute Gasteiger partial charge is 0.322 e. The fraction of sp³-hybridized carbons (Fsp3) is 0.316. The van der Waals surface area contributed by atoms with E-state index in [-0.39, 0.29) is 11.3 Å². The number of para-hydroxylation sites is 1. The van der Waals surface area contributed by atoms with Crippen molar-refractivity contribution in [3.05, 3.63) is 53.3 Å². The van der Waals surface area contributed by atoms with E-state index in [1.807, 2.05) is 44.3 Å². The second-order valence-electron chi connectivity index (χ2n) is 7.05. The van der Waals surface area contributed by atoms with Crippen molar-refractivity contribution >= 4 is 22.6 Å². The molecule has 0 atom stereocenters. The molecule has 0 saturated heterocycles. The standard InChI is InChI=1S/C19H22N4O/c1-12-14-10-13(11-20-17(14)23(5)22-12)18(24)21-16-9-7-6-8-15(16)19(2,3)4/h6-11H,1-5H3,(H,21,24). The van der Waals surface area contributed by atoms with E-state index >= 15 is 0 Å². The van der Waals surface area contributed by atoms with Gasteiger partial charge in [0.2, 0.25) is 0 Å². The van der Waals surface area contributed by atoms with Gasteiger partial charge in [-0.2, -0.15) is 5.10 Å². The summed E-state index contributed by atoms with van der Waals surface area (Å²) >= 11 is 0. The first kappa shape index (κ1) is 16.2. The Kier molecular flexibility index (Phi) is 3.87. The minimum Gasteiger partial charge on any atom is -0.322 e. The van der Waals surface area contributed by atoms with E-state index in [2.05, 4.69) is 36.2 Å². The van der Waals surface area contributed by atoms with Crippen molar-refractivity contribution < 1.29 is 4.79 Å². The van der Waals surface area contributed by atoms with Gasteiger partial charge in [0.15, 0.2) is 5.65 Å². The van der Waals surface area contributed by atoms with E-state index < -0.39 is 0 Å². The summed E-state index contributed by atoms with van der Waals surface area (Å²) in [6, 6.07) is 9.74. The average molecular weight is 322 g/mol. The molecule has 5 heteroatoms. The monoisotopic (exact) mass is 322 g/mol. The number of aryl methyl sites for hydroxylation is 2. The van der Waals surface area contributed by atoms with Gasteiger partial charge in [0, 0.05) is 24.3 Å². The maximum Gasteiger partial charge on any atom is 0.257 e. The van der Waals surface area contributed by atoms with Crippen LogP contribution in [0.5, 0.6) is 0 Å². The van der Waals surface area contributed by atoms with Crippen molar-refractivity contribution in [1.29, 1.82) is 0 Å². The Balaban J connectivity index is 1.95. The zero-order chi connectivity index (χ0) is 17.5. The Labute approximate surface area is 141 Å². The molecule has 2 aromatic heterocycles. The molecule has 0 saturated carbocycles. The number of rotatable bonds is 2. The SMILES string of the molecule is Cc1nn(C)c2ncc(C(=O)Nc3ccccc3C(C)(C)C)cc12. The summed E-state index contributed by atoms with van der Waals surface area (Å²) in [6.45, 7) is 8.31. The molecule has 24 heavy (non-hydrogen) atoms. The molecule has 3 rings (SSSR count). The quantitative estimate of drug-likeness (QED) is 0.780. The second-order valence-corrected chi connectivity index (χ2v) is 7.05. The Morgan fingerprint density at radius 1 is 1.21 bits per heavy atom. The van der Waals surface area contributed by atoms with E-state index in [1.54, 1.807) is 10.9 Å². The minimum atomic E-state index is -0.163. The Hall–Kier alpha value is -2.69. The number of amides is 1. The van der Waals surface area contributed by atoms with Crippen LogP contribution < -0.4 is 5.32 Å².